The van der Waals surface area contributed by atoms with Gasteiger partial charge in [0.05, 0.1) is 11.1 Å². The van der Waals surface area contributed by atoms with Gasteiger partial charge >= 0.3 is 5.97 Å². The first-order chi connectivity index (χ1) is 17.2. The van der Waals surface area contributed by atoms with Crippen LogP contribution in [0.2, 0.25) is 0 Å². The number of carbonyl (C=O) groups is 2. The Morgan fingerprint density at radius 2 is 1.92 bits per heavy atom. The highest BCUT2D eigenvalue weighted by Crippen LogP contribution is 2.51. The summed E-state index contributed by atoms with van der Waals surface area (Å²) in [5.74, 6) is -0.856. The van der Waals surface area contributed by atoms with Crippen molar-refractivity contribution in [2.75, 3.05) is 13.1 Å². The van der Waals surface area contributed by atoms with Gasteiger partial charge in [0.25, 0.3) is 0 Å². The summed E-state index contributed by atoms with van der Waals surface area (Å²) in [6.07, 6.45) is 1.30. The minimum Gasteiger partial charge on any atom is -0.508 e. The SMILES string of the molecule is CC(C)c1nc(OC2CC3(CCN(CC(=O)OO)C3=O)C2)c2cc(O)ccc2c1-c1ccc(F)cc1. The summed E-state index contributed by atoms with van der Waals surface area (Å²) in [6.45, 7) is 4.18. The topological polar surface area (TPSA) is 109 Å². The zero-order chi connectivity index (χ0) is 25.6. The summed E-state index contributed by atoms with van der Waals surface area (Å²) in [4.78, 5) is 34.2. The molecule has 0 atom stereocenters. The average Bonchev–Trinajstić information content (AvgIpc) is 3.15. The van der Waals surface area contributed by atoms with Crippen molar-refractivity contribution in [3.8, 4) is 22.8 Å². The number of aromatic nitrogens is 1. The summed E-state index contributed by atoms with van der Waals surface area (Å²) < 4.78 is 19.9. The predicted octanol–water partition coefficient (Wildman–Crippen LogP) is 4.65. The van der Waals surface area contributed by atoms with Crippen LogP contribution in [0.25, 0.3) is 21.9 Å². The van der Waals surface area contributed by atoms with Gasteiger partial charge in [0.15, 0.2) is 0 Å². The molecule has 1 spiro atoms. The van der Waals surface area contributed by atoms with Crippen molar-refractivity contribution < 1.29 is 34.0 Å². The highest BCUT2D eigenvalue weighted by Gasteiger charge is 2.56. The molecule has 2 N–H and O–H groups in total. The number of fused-ring (bicyclic) bond motifs is 1. The fourth-order valence-electron chi connectivity index (χ4n) is 5.38. The molecule has 1 saturated heterocycles. The van der Waals surface area contributed by atoms with Crippen molar-refractivity contribution in [3.05, 3.63) is 54.0 Å². The monoisotopic (exact) mass is 494 g/mol. The van der Waals surface area contributed by atoms with E-state index >= 15 is 0 Å². The number of halogens is 1. The second kappa shape index (κ2) is 9.05. The Hall–Kier alpha value is -3.72. The van der Waals surface area contributed by atoms with E-state index in [0.29, 0.717) is 37.1 Å². The number of ether oxygens (including phenoxy) is 1. The first kappa shape index (κ1) is 24.0. The lowest BCUT2D eigenvalue weighted by molar-refractivity contribution is -0.235. The van der Waals surface area contributed by atoms with Crippen LogP contribution in [-0.4, -0.2) is 51.3 Å². The standard InChI is InChI=1S/C27H27FN2O6/c1-15(2)24-23(16-3-5-17(28)6-4-16)20-8-7-18(31)11-21(20)25(29-24)35-19-12-27(13-19)9-10-30(26(27)33)14-22(32)36-34/h3-8,11,15,19,31,34H,9-10,12-14H2,1-2H3. The molecule has 1 amide bonds. The van der Waals surface area contributed by atoms with E-state index in [1.165, 1.54) is 17.0 Å². The largest absolute Gasteiger partial charge is 0.508 e. The van der Waals surface area contributed by atoms with Crippen molar-refractivity contribution in [1.29, 1.82) is 0 Å². The highest BCUT2D eigenvalue weighted by molar-refractivity contribution is 6.01. The van der Waals surface area contributed by atoms with Gasteiger partial charge in [-0.3, -0.25) is 9.68 Å². The van der Waals surface area contributed by atoms with E-state index in [1.54, 1.807) is 24.3 Å². The molecule has 2 heterocycles. The number of phenols is 1. The Balaban J connectivity index is 1.46. The molecule has 0 radical (unpaired) electrons. The summed E-state index contributed by atoms with van der Waals surface area (Å²) in [6, 6.07) is 11.3. The number of aromatic hydroxyl groups is 1. The third-order valence-electron chi connectivity index (χ3n) is 7.20. The van der Waals surface area contributed by atoms with Crippen molar-refractivity contribution in [1.82, 2.24) is 9.88 Å². The summed E-state index contributed by atoms with van der Waals surface area (Å²) in [5, 5.41) is 20.2. The number of pyridine rings is 1. The van der Waals surface area contributed by atoms with Crippen LogP contribution < -0.4 is 4.74 Å². The molecule has 1 aromatic heterocycles. The lowest BCUT2D eigenvalue weighted by Crippen LogP contribution is -2.49. The molecule has 8 nitrogen and oxygen atoms in total. The number of nitrogens with zero attached hydrogens (tertiary/aromatic N) is 2. The molecule has 188 valence electrons. The summed E-state index contributed by atoms with van der Waals surface area (Å²) >= 11 is 0. The molecule has 9 heteroatoms. The second-order valence-corrected chi connectivity index (χ2v) is 9.94. The molecular formula is C27H27FN2O6. The summed E-state index contributed by atoms with van der Waals surface area (Å²) in [7, 11) is 0. The van der Waals surface area contributed by atoms with Gasteiger partial charge < -0.3 is 14.7 Å². The van der Waals surface area contributed by atoms with Crippen LogP contribution >= 0.6 is 0 Å². The second-order valence-electron chi connectivity index (χ2n) is 9.94. The molecule has 2 aromatic carbocycles. The number of likely N-dealkylation sites (tertiary alicyclic amines) is 1. The Morgan fingerprint density at radius 1 is 1.19 bits per heavy atom. The number of amides is 1. The number of rotatable bonds is 6. The summed E-state index contributed by atoms with van der Waals surface area (Å²) in [5.41, 5.74) is 1.87. The van der Waals surface area contributed by atoms with Gasteiger partial charge in [0, 0.05) is 17.5 Å². The number of hydrogen-bond donors (Lipinski definition) is 2. The zero-order valence-corrected chi connectivity index (χ0v) is 20.0. The quantitative estimate of drug-likeness (QED) is 0.379. The molecule has 1 aliphatic carbocycles. The molecule has 1 aliphatic heterocycles. The predicted molar refractivity (Wildman–Crippen MR) is 129 cm³/mol. The Bertz CT molecular complexity index is 1330. The van der Waals surface area contributed by atoms with E-state index in [0.717, 1.165) is 22.2 Å². The number of benzene rings is 2. The van der Waals surface area contributed by atoms with Gasteiger partial charge in [0.2, 0.25) is 11.8 Å². The molecule has 0 bridgehead atoms. The van der Waals surface area contributed by atoms with Crippen LogP contribution in [0.3, 0.4) is 0 Å². The average molecular weight is 495 g/mol. The molecule has 2 fully saturated rings. The minimum absolute atomic E-state index is 0.0367. The van der Waals surface area contributed by atoms with Gasteiger partial charge in [-0.05, 0) is 66.5 Å². The fraction of sp³-hybridized carbons (Fsp3) is 0.370. The molecular weight excluding hydrogens is 467 g/mol. The molecule has 36 heavy (non-hydrogen) atoms. The third kappa shape index (κ3) is 4.13. The number of carbonyl (C=O) groups excluding carboxylic acids is 2. The van der Waals surface area contributed by atoms with Gasteiger partial charge in [-0.15, -0.1) is 0 Å². The van der Waals surface area contributed by atoms with Gasteiger partial charge in [-0.2, -0.15) is 5.26 Å². The maximum atomic E-state index is 13.6. The molecule has 5 rings (SSSR count). The lowest BCUT2D eigenvalue weighted by atomic mass is 9.65. The van der Waals surface area contributed by atoms with Crippen molar-refractivity contribution in [2.45, 2.75) is 45.1 Å². The maximum absolute atomic E-state index is 13.6. The molecule has 1 saturated carbocycles. The van der Waals surface area contributed by atoms with Crippen molar-refractivity contribution in [2.24, 2.45) is 5.41 Å². The van der Waals surface area contributed by atoms with Crippen LogP contribution in [0, 0.1) is 11.2 Å². The smallest absolute Gasteiger partial charge is 0.361 e. The lowest BCUT2D eigenvalue weighted by Gasteiger charge is -2.42. The Kier molecular flexibility index (Phi) is 6.04. The van der Waals surface area contributed by atoms with Gasteiger partial charge in [-0.1, -0.05) is 26.0 Å². The van der Waals surface area contributed by atoms with Crippen LogP contribution in [0.1, 0.15) is 44.7 Å². The molecule has 3 aromatic rings. The normalized spacial score (nSPS) is 21.3. The van der Waals surface area contributed by atoms with Crippen LogP contribution in [0.5, 0.6) is 11.6 Å². The fourth-order valence-corrected chi connectivity index (χ4v) is 5.38. The highest BCUT2D eigenvalue weighted by atomic mass is 19.1. The molecule has 0 unspecified atom stereocenters. The molecule has 2 aliphatic rings. The van der Waals surface area contributed by atoms with Crippen LogP contribution in [0.15, 0.2) is 42.5 Å². The third-order valence-corrected chi connectivity index (χ3v) is 7.20. The zero-order valence-electron chi connectivity index (χ0n) is 20.0. The number of hydrogen-bond acceptors (Lipinski definition) is 7. The minimum atomic E-state index is -0.870. The van der Waals surface area contributed by atoms with E-state index < -0.39 is 11.4 Å². The maximum Gasteiger partial charge on any atom is 0.361 e. The van der Waals surface area contributed by atoms with Crippen molar-refractivity contribution >= 4 is 22.6 Å². The van der Waals surface area contributed by atoms with E-state index in [-0.39, 0.29) is 36.0 Å². The van der Waals surface area contributed by atoms with Crippen LogP contribution in [-0.2, 0) is 14.5 Å². The van der Waals surface area contributed by atoms with E-state index in [1.807, 2.05) is 19.9 Å². The Morgan fingerprint density at radius 3 is 2.58 bits per heavy atom. The van der Waals surface area contributed by atoms with Crippen molar-refractivity contribution in [3.63, 3.8) is 0 Å². The Labute approximate surface area is 207 Å². The van der Waals surface area contributed by atoms with E-state index in [4.69, 9.17) is 15.0 Å². The number of phenolic OH excluding ortho intramolecular Hbond substituents is 1. The van der Waals surface area contributed by atoms with E-state index in [2.05, 4.69) is 4.89 Å². The van der Waals surface area contributed by atoms with Crippen LogP contribution in [0.4, 0.5) is 4.39 Å². The van der Waals surface area contributed by atoms with E-state index in [9.17, 15) is 19.1 Å². The van der Waals surface area contributed by atoms with Gasteiger partial charge in [0.1, 0.15) is 24.2 Å². The first-order valence-corrected chi connectivity index (χ1v) is 11.9. The van der Waals surface area contributed by atoms with Gasteiger partial charge in [-0.25, -0.2) is 14.2 Å². The first-order valence-electron chi connectivity index (χ1n) is 11.9.